The molecule has 0 saturated carbocycles. The monoisotopic (exact) mass is 232 g/mol. The maximum atomic E-state index is 11.7. The summed E-state index contributed by atoms with van der Waals surface area (Å²) in [6.45, 7) is 2.33. The van der Waals surface area contributed by atoms with E-state index in [1.807, 2.05) is 37.3 Å². The van der Waals surface area contributed by atoms with Crippen LogP contribution in [0.2, 0.25) is 0 Å². The Bertz CT molecular complexity index is 567. The van der Waals surface area contributed by atoms with Gasteiger partial charge >= 0.3 is 0 Å². The van der Waals surface area contributed by atoms with Gasteiger partial charge in [-0.25, -0.2) is 0 Å². The van der Waals surface area contributed by atoms with Crippen LogP contribution in [0.1, 0.15) is 11.3 Å². The molecule has 0 fully saturated rings. The minimum Gasteiger partial charge on any atom is -0.336 e. The Kier molecular flexibility index (Phi) is 3.01. The SMILES string of the molecule is Cc1cc(=O)n(Cc2ccccc2)c(=S)[nH]1. The molecule has 1 aromatic carbocycles. The molecule has 0 aliphatic carbocycles. The molecule has 2 rings (SSSR count). The number of benzene rings is 1. The molecule has 1 heterocycles. The third kappa shape index (κ3) is 2.28. The fourth-order valence-electron chi connectivity index (χ4n) is 1.55. The highest BCUT2D eigenvalue weighted by atomic mass is 32.1. The first-order valence-electron chi connectivity index (χ1n) is 5.01. The van der Waals surface area contributed by atoms with Gasteiger partial charge in [0.05, 0.1) is 6.54 Å². The summed E-state index contributed by atoms with van der Waals surface area (Å²) in [7, 11) is 0. The summed E-state index contributed by atoms with van der Waals surface area (Å²) >= 11 is 5.13. The van der Waals surface area contributed by atoms with Crippen molar-refractivity contribution in [3.63, 3.8) is 0 Å². The maximum absolute atomic E-state index is 11.7. The third-order valence-electron chi connectivity index (χ3n) is 2.34. The molecule has 82 valence electrons. The minimum absolute atomic E-state index is 0.0647. The first-order chi connectivity index (χ1) is 7.66. The number of rotatable bonds is 2. The Morgan fingerprint density at radius 3 is 2.62 bits per heavy atom. The Balaban J connectivity index is 2.44. The van der Waals surface area contributed by atoms with Gasteiger partial charge in [-0.15, -0.1) is 0 Å². The number of hydrogen-bond acceptors (Lipinski definition) is 2. The predicted octanol–water partition coefficient (Wildman–Crippen LogP) is 2.26. The maximum Gasteiger partial charge on any atom is 0.254 e. The van der Waals surface area contributed by atoms with Crippen LogP contribution in [0.5, 0.6) is 0 Å². The highest BCUT2D eigenvalue weighted by Crippen LogP contribution is 2.01. The fourth-order valence-corrected chi connectivity index (χ4v) is 1.87. The minimum atomic E-state index is -0.0647. The van der Waals surface area contributed by atoms with Gasteiger partial charge in [-0.2, -0.15) is 0 Å². The molecule has 0 aliphatic heterocycles. The van der Waals surface area contributed by atoms with Crippen molar-refractivity contribution in [2.75, 3.05) is 0 Å². The zero-order valence-electron chi connectivity index (χ0n) is 8.93. The van der Waals surface area contributed by atoms with Gasteiger partial charge < -0.3 is 4.98 Å². The third-order valence-corrected chi connectivity index (χ3v) is 2.66. The second kappa shape index (κ2) is 4.45. The van der Waals surface area contributed by atoms with Crippen LogP contribution in [0.4, 0.5) is 0 Å². The van der Waals surface area contributed by atoms with Gasteiger partial charge in [0.1, 0.15) is 0 Å². The van der Waals surface area contributed by atoms with E-state index < -0.39 is 0 Å². The van der Waals surface area contributed by atoms with Crippen LogP contribution < -0.4 is 5.56 Å². The topological polar surface area (TPSA) is 37.8 Å². The van der Waals surface area contributed by atoms with Crippen molar-refractivity contribution >= 4 is 12.2 Å². The Hall–Kier alpha value is -1.68. The van der Waals surface area contributed by atoms with Crippen molar-refractivity contribution in [1.29, 1.82) is 0 Å². The molecular formula is C12H12N2OS. The highest BCUT2D eigenvalue weighted by Gasteiger charge is 2.00. The zero-order valence-corrected chi connectivity index (χ0v) is 9.75. The van der Waals surface area contributed by atoms with E-state index in [4.69, 9.17) is 12.2 Å². The number of aromatic amines is 1. The lowest BCUT2D eigenvalue weighted by atomic mass is 10.2. The molecule has 0 unspecified atom stereocenters. The van der Waals surface area contributed by atoms with E-state index in [2.05, 4.69) is 4.98 Å². The number of aromatic nitrogens is 2. The average molecular weight is 232 g/mol. The molecule has 0 amide bonds. The molecule has 0 bridgehead atoms. The second-order valence-corrected chi connectivity index (χ2v) is 4.05. The van der Waals surface area contributed by atoms with Crippen molar-refractivity contribution < 1.29 is 0 Å². The zero-order chi connectivity index (χ0) is 11.5. The number of hydrogen-bond donors (Lipinski definition) is 1. The standard InChI is InChI=1S/C12H12N2OS/c1-9-7-11(15)14(12(16)13-9)8-10-5-3-2-4-6-10/h2-7H,8H2,1H3,(H,13,16). The molecule has 1 aromatic heterocycles. The van der Waals surface area contributed by atoms with E-state index in [1.165, 1.54) is 0 Å². The van der Waals surface area contributed by atoms with Gasteiger partial charge in [0.2, 0.25) is 0 Å². The van der Waals surface area contributed by atoms with E-state index in [1.54, 1.807) is 10.6 Å². The Labute approximate surface area is 98.4 Å². The number of H-pyrrole nitrogens is 1. The molecule has 16 heavy (non-hydrogen) atoms. The van der Waals surface area contributed by atoms with Crippen LogP contribution in [0.15, 0.2) is 41.2 Å². The first-order valence-corrected chi connectivity index (χ1v) is 5.42. The van der Waals surface area contributed by atoms with Crippen molar-refractivity contribution in [2.24, 2.45) is 0 Å². The van der Waals surface area contributed by atoms with Crippen LogP contribution in [0, 0.1) is 11.7 Å². The quantitative estimate of drug-likeness (QED) is 0.806. The van der Waals surface area contributed by atoms with Crippen LogP contribution in [0.3, 0.4) is 0 Å². The van der Waals surface area contributed by atoms with Crippen LogP contribution in [0.25, 0.3) is 0 Å². The largest absolute Gasteiger partial charge is 0.336 e. The van der Waals surface area contributed by atoms with Gasteiger partial charge in [0.25, 0.3) is 5.56 Å². The Morgan fingerprint density at radius 1 is 1.31 bits per heavy atom. The molecular weight excluding hydrogens is 220 g/mol. The highest BCUT2D eigenvalue weighted by molar-refractivity contribution is 7.71. The number of nitrogens with one attached hydrogen (secondary N) is 1. The molecule has 2 aromatic rings. The molecule has 0 saturated heterocycles. The van der Waals surface area contributed by atoms with Crippen molar-refractivity contribution in [3.8, 4) is 0 Å². The molecule has 1 N–H and O–H groups in total. The molecule has 3 nitrogen and oxygen atoms in total. The van der Waals surface area contributed by atoms with Crippen molar-refractivity contribution in [2.45, 2.75) is 13.5 Å². The molecule has 0 atom stereocenters. The van der Waals surface area contributed by atoms with E-state index in [-0.39, 0.29) is 5.56 Å². The summed E-state index contributed by atoms with van der Waals surface area (Å²) in [6.07, 6.45) is 0. The van der Waals surface area contributed by atoms with E-state index >= 15 is 0 Å². The van der Waals surface area contributed by atoms with Crippen molar-refractivity contribution in [1.82, 2.24) is 9.55 Å². The lowest BCUT2D eigenvalue weighted by Crippen LogP contribution is -2.22. The summed E-state index contributed by atoms with van der Waals surface area (Å²) in [5, 5.41) is 0. The molecule has 0 radical (unpaired) electrons. The Morgan fingerprint density at radius 2 is 2.00 bits per heavy atom. The first kappa shape index (κ1) is 10.8. The summed E-state index contributed by atoms with van der Waals surface area (Å²) in [6, 6.07) is 11.3. The number of nitrogens with zero attached hydrogens (tertiary/aromatic N) is 1. The van der Waals surface area contributed by atoms with Crippen LogP contribution >= 0.6 is 12.2 Å². The van der Waals surface area contributed by atoms with E-state index in [0.717, 1.165) is 11.3 Å². The van der Waals surface area contributed by atoms with Gasteiger partial charge in [-0.3, -0.25) is 9.36 Å². The summed E-state index contributed by atoms with van der Waals surface area (Å²) in [4.78, 5) is 14.7. The van der Waals surface area contributed by atoms with Gasteiger partial charge in [0, 0.05) is 11.8 Å². The van der Waals surface area contributed by atoms with Crippen LogP contribution in [-0.2, 0) is 6.54 Å². The predicted molar refractivity (Wildman–Crippen MR) is 66.2 cm³/mol. The van der Waals surface area contributed by atoms with Gasteiger partial charge in [-0.05, 0) is 24.7 Å². The number of aryl methyl sites for hydroxylation is 1. The molecule has 0 spiro atoms. The smallest absolute Gasteiger partial charge is 0.254 e. The molecule has 4 heteroatoms. The average Bonchev–Trinajstić information content (AvgIpc) is 2.25. The summed E-state index contributed by atoms with van der Waals surface area (Å²) < 4.78 is 2.02. The van der Waals surface area contributed by atoms with E-state index in [0.29, 0.717) is 11.3 Å². The second-order valence-electron chi connectivity index (χ2n) is 3.67. The molecule has 0 aliphatic rings. The lowest BCUT2D eigenvalue weighted by molar-refractivity contribution is 0.716. The normalized spacial score (nSPS) is 10.3. The fraction of sp³-hybridized carbons (Fsp3) is 0.167. The van der Waals surface area contributed by atoms with Crippen molar-refractivity contribution in [3.05, 3.63) is 62.8 Å². The van der Waals surface area contributed by atoms with Gasteiger partial charge in [-0.1, -0.05) is 30.3 Å². The van der Waals surface area contributed by atoms with Gasteiger partial charge in [0.15, 0.2) is 4.77 Å². The van der Waals surface area contributed by atoms with E-state index in [9.17, 15) is 4.79 Å². The summed E-state index contributed by atoms with van der Waals surface area (Å²) in [5.74, 6) is 0. The van der Waals surface area contributed by atoms with Crippen LogP contribution in [-0.4, -0.2) is 9.55 Å². The lowest BCUT2D eigenvalue weighted by Gasteiger charge is -2.06. The summed E-state index contributed by atoms with van der Waals surface area (Å²) in [5.41, 5.74) is 1.79.